The summed E-state index contributed by atoms with van der Waals surface area (Å²) in [6.45, 7) is 3.05. The number of likely N-dealkylation sites (tertiary alicyclic amines) is 1. The van der Waals surface area contributed by atoms with Gasteiger partial charge in [0.2, 0.25) is 5.95 Å². The molecular formula is C20H23FN2O2S. The van der Waals surface area contributed by atoms with Crippen LogP contribution < -0.4 is 4.74 Å². The van der Waals surface area contributed by atoms with Crippen LogP contribution in [0.25, 0.3) is 0 Å². The van der Waals surface area contributed by atoms with Gasteiger partial charge in [-0.3, -0.25) is 0 Å². The van der Waals surface area contributed by atoms with Crippen LogP contribution in [0.5, 0.6) is 11.5 Å². The van der Waals surface area contributed by atoms with Gasteiger partial charge in [-0.15, -0.1) is 0 Å². The van der Waals surface area contributed by atoms with Crippen LogP contribution in [0.1, 0.15) is 23.7 Å². The lowest BCUT2D eigenvalue weighted by atomic mass is 10.0. The lowest BCUT2D eigenvalue weighted by Crippen LogP contribution is -2.27. The maximum absolute atomic E-state index is 12.9. The van der Waals surface area contributed by atoms with E-state index in [-0.39, 0.29) is 17.1 Å². The van der Waals surface area contributed by atoms with Crippen molar-refractivity contribution < 1.29 is 14.2 Å². The summed E-state index contributed by atoms with van der Waals surface area (Å²) in [4.78, 5) is 6.13. The van der Waals surface area contributed by atoms with Gasteiger partial charge in [-0.2, -0.15) is 17.0 Å². The Hall–Kier alpha value is -1.79. The maximum Gasteiger partial charge on any atom is 0.213 e. The van der Waals surface area contributed by atoms with Crippen molar-refractivity contribution in [3.63, 3.8) is 0 Å². The molecule has 1 unspecified atom stereocenters. The van der Waals surface area contributed by atoms with Crippen LogP contribution in [0, 0.1) is 17.8 Å². The summed E-state index contributed by atoms with van der Waals surface area (Å²) in [5.74, 6) is 1.75. The standard InChI is InChI=1S/C20H23FN2O2S/c21-20-6-5-17(9-22-20)25-18-7-14-10-23(11-15(14)8-18)12-19(26)13-1-3-16(24)4-2-13/h1-6,9,14-15,18-19,24,26H,7-8,10-12H2/t14-,15+,18?,19-/m0/s1. The Bertz CT molecular complexity index is 726. The van der Waals surface area contributed by atoms with Gasteiger partial charge >= 0.3 is 0 Å². The summed E-state index contributed by atoms with van der Waals surface area (Å²) < 4.78 is 18.9. The minimum Gasteiger partial charge on any atom is -0.508 e. The van der Waals surface area contributed by atoms with Crippen LogP contribution in [-0.4, -0.2) is 40.7 Å². The third-order valence-electron chi connectivity index (χ3n) is 5.50. The van der Waals surface area contributed by atoms with Crippen LogP contribution in [0.3, 0.4) is 0 Å². The highest BCUT2D eigenvalue weighted by Gasteiger charge is 2.42. The van der Waals surface area contributed by atoms with Crippen molar-refractivity contribution in [1.29, 1.82) is 0 Å². The van der Waals surface area contributed by atoms with Crippen molar-refractivity contribution in [1.82, 2.24) is 9.88 Å². The molecule has 4 rings (SSSR count). The van der Waals surface area contributed by atoms with E-state index in [4.69, 9.17) is 17.4 Å². The number of phenolic OH excluding ortho intramolecular Hbond substituents is 1. The Morgan fingerprint density at radius 1 is 1.15 bits per heavy atom. The lowest BCUT2D eigenvalue weighted by molar-refractivity contribution is 0.185. The number of rotatable bonds is 5. The zero-order valence-corrected chi connectivity index (χ0v) is 15.4. The SMILES string of the molecule is Oc1ccc([C@@H](S)CN2C[C@H]3CC(Oc4ccc(F)nc4)C[C@H]3C2)cc1. The van der Waals surface area contributed by atoms with Crippen molar-refractivity contribution in [3.8, 4) is 11.5 Å². The van der Waals surface area contributed by atoms with Gasteiger partial charge in [0.05, 0.1) is 12.3 Å². The third kappa shape index (κ3) is 3.96. The van der Waals surface area contributed by atoms with Crippen LogP contribution >= 0.6 is 12.6 Å². The largest absolute Gasteiger partial charge is 0.508 e. The topological polar surface area (TPSA) is 45.6 Å². The quantitative estimate of drug-likeness (QED) is 0.619. The second kappa shape index (κ2) is 7.45. The summed E-state index contributed by atoms with van der Waals surface area (Å²) in [5, 5.41) is 9.55. The van der Waals surface area contributed by atoms with E-state index in [1.165, 1.54) is 12.3 Å². The summed E-state index contributed by atoms with van der Waals surface area (Å²) in [5.41, 5.74) is 1.13. The molecule has 1 aromatic heterocycles. The van der Waals surface area contributed by atoms with Crippen LogP contribution in [0.4, 0.5) is 4.39 Å². The summed E-state index contributed by atoms with van der Waals surface area (Å²) in [7, 11) is 0. The minimum absolute atomic E-state index is 0.145. The van der Waals surface area contributed by atoms with Gasteiger partial charge in [0.25, 0.3) is 0 Å². The molecule has 4 atom stereocenters. The second-order valence-electron chi connectivity index (χ2n) is 7.37. The van der Waals surface area contributed by atoms with Gasteiger partial charge in [0.1, 0.15) is 11.5 Å². The Kier molecular flexibility index (Phi) is 5.05. The van der Waals surface area contributed by atoms with Crippen molar-refractivity contribution in [2.45, 2.75) is 24.2 Å². The first kappa shape index (κ1) is 17.6. The summed E-state index contributed by atoms with van der Waals surface area (Å²) in [6.07, 6.45) is 3.73. The van der Waals surface area contributed by atoms with Gasteiger partial charge in [-0.1, -0.05) is 12.1 Å². The summed E-state index contributed by atoms with van der Waals surface area (Å²) in [6, 6.07) is 10.3. The molecule has 2 aliphatic rings. The van der Waals surface area contributed by atoms with E-state index in [1.54, 1.807) is 18.2 Å². The van der Waals surface area contributed by atoms with E-state index in [2.05, 4.69) is 9.88 Å². The fraction of sp³-hybridized carbons (Fsp3) is 0.450. The number of halogens is 1. The predicted molar refractivity (Wildman–Crippen MR) is 101 cm³/mol. The highest BCUT2D eigenvalue weighted by Crippen LogP contribution is 2.40. The molecule has 0 bridgehead atoms. The zero-order chi connectivity index (χ0) is 18.1. The van der Waals surface area contributed by atoms with Crippen LogP contribution in [0.15, 0.2) is 42.6 Å². The van der Waals surface area contributed by atoms with E-state index in [0.717, 1.165) is 38.0 Å². The molecule has 6 heteroatoms. The van der Waals surface area contributed by atoms with Gasteiger partial charge < -0.3 is 14.7 Å². The molecule has 1 aliphatic carbocycles. The molecule has 1 saturated heterocycles. The van der Waals surface area contributed by atoms with Crippen molar-refractivity contribution >= 4 is 12.6 Å². The van der Waals surface area contributed by atoms with E-state index in [0.29, 0.717) is 17.6 Å². The predicted octanol–water partition coefficient (Wildman–Crippen LogP) is 3.69. The Labute approximate surface area is 158 Å². The molecule has 2 aromatic rings. The van der Waals surface area contributed by atoms with Gasteiger partial charge in [0, 0.05) is 24.9 Å². The molecule has 0 radical (unpaired) electrons. The van der Waals surface area contributed by atoms with Gasteiger partial charge in [-0.05, 0) is 54.5 Å². The number of aromatic hydroxyl groups is 1. The first-order chi connectivity index (χ1) is 12.6. The maximum atomic E-state index is 12.9. The van der Waals surface area contributed by atoms with E-state index in [1.807, 2.05) is 12.1 Å². The zero-order valence-electron chi connectivity index (χ0n) is 14.5. The van der Waals surface area contributed by atoms with E-state index in [9.17, 15) is 9.50 Å². The summed E-state index contributed by atoms with van der Waals surface area (Å²) >= 11 is 4.74. The normalized spacial score (nSPS) is 26.6. The molecule has 0 amide bonds. The number of hydrogen-bond donors (Lipinski definition) is 2. The first-order valence-electron chi connectivity index (χ1n) is 9.04. The van der Waals surface area contributed by atoms with Gasteiger partial charge in [0.15, 0.2) is 0 Å². The molecule has 0 spiro atoms. The number of nitrogens with zero attached hydrogens (tertiary/aromatic N) is 2. The molecule has 2 heterocycles. The molecule has 1 saturated carbocycles. The number of benzene rings is 1. The molecule has 2 fully saturated rings. The number of thiol groups is 1. The van der Waals surface area contributed by atoms with Crippen molar-refractivity contribution in [2.24, 2.45) is 11.8 Å². The highest BCUT2D eigenvalue weighted by molar-refractivity contribution is 7.80. The molecule has 1 N–H and O–H groups in total. The molecule has 1 aliphatic heterocycles. The average Bonchev–Trinajstić information content (AvgIpc) is 3.15. The minimum atomic E-state index is -0.480. The fourth-order valence-electron chi connectivity index (χ4n) is 4.26. The second-order valence-corrected chi connectivity index (χ2v) is 8.00. The third-order valence-corrected chi connectivity index (χ3v) is 5.96. The van der Waals surface area contributed by atoms with Gasteiger partial charge in [-0.25, -0.2) is 4.98 Å². The Morgan fingerprint density at radius 3 is 2.46 bits per heavy atom. The van der Waals surface area contributed by atoms with Crippen molar-refractivity contribution in [3.05, 3.63) is 54.1 Å². The number of ether oxygens (including phenoxy) is 1. The van der Waals surface area contributed by atoms with Crippen LogP contribution in [0.2, 0.25) is 0 Å². The monoisotopic (exact) mass is 374 g/mol. The lowest BCUT2D eigenvalue weighted by Gasteiger charge is -2.23. The number of hydrogen-bond acceptors (Lipinski definition) is 5. The van der Waals surface area contributed by atoms with E-state index < -0.39 is 5.95 Å². The highest BCUT2D eigenvalue weighted by atomic mass is 32.1. The number of fused-ring (bicyclic) bond motifs is 1. The smallest absolute Gasteiger partial charge is 0.213 e. The molecule has 1 aromatic carbocycles. The molecular weight excluding hydrogens is 351 g/mol. The average molecular weight is 374 g/mol. The Balaban J connectivity index is 1.28. The molecule has 138 valence electrons. The Morgan fingerprint density at radius 2 is 1.85 bits per heavy atom. The van der Waals surface area contributed by atoms with Crippen LogP contribution in [-0.2, 0) is 0 Å². The molecule has 26 heavy (non-hydrogen) atoms. The van der Waals surface area contributed by atoms with E-state index >= 15 is 0 Å². The van der Waals surface area contributed by atoms with Crippen molar-refractivity contribution in [2.75, 3.05) is 19.6 Å². The number of phenols is 1. The molecule has 4 nitrogen and oxygen atoms in total. The number of aromatic nitrogens is 1. The fourth-order valence-corrected chi connectivity index (χ4v) is 4.66. The first-order valence-corrected chi connectivity index (χ1v) is 9.56. The number of pyridine rings is 1.